The van der Waals surface area contributed by atoms with E-state index in [1.54, 1.807) is 0 Å². The summed E-state index contributed by atoms with van der Waals surface area (Å²) in [6, 6.07) is 0. The second kappa shape index (κ2) is 3.27. The molecular formula is C7H14O5. The van der Waals surface area contributed by atoms with E-state index < -0.39 is 23.9 Å². The van der Waals surface area contributed by atoms with Gasteiger partial charge in [-0.2, -0.15) is 0 Å². The number of rotatable bonds is 2. The topological polar surface area (TPSA) is 90.2 Å². The van der Waals surface area contributed by atoms with E-state index in [1.165, 1.54) is 6.92 Å². The summed E-state index contributed by atoms with van der Waals surface area (Å²) in [5, 5.41) is 36.2. The molecule has 72 valence electrons. The molecule has 1 aliphatic rings. The lowest BCUT2D eigenvalue weighted by molar-refractivity contribution is -0.106. The highest BCUT2D eigenvalue weighted by molar-refractivity contribution is 4.98. The molecule has 0 bridgehead atoms. The Bertz CT molecular complexity index is 162. The molecule has 4 N–H and O–H groups in total. The minimum atomic E-state index is -1.16. The molecule has 1 fully saturated rings. The molecule has 0 saturated carbocycles. The van der Waals surface area contributed by atoms with Crippen molar-refractivity contribution in [1.82, 2.24) is 0 Å². The van der Waals surface area contributed by atoms with Gasteiger partial charge in [-0.25, -0.2) is 0 Å². The van der Waals surface area contributed by atoms with Crippen LogP contribution in [0.5, 0.6) is 0 Å². The van der Waals surface area contributed by atoms with Crippen molar-refractivity contribution in [3.63, 3.8) is 0 Å². The van der Waals surface area contributed by atoms with Crippen molar-refractivity contribution < 1.29 is 25.2 Å². The lowest BCUT2D eigenvalue weighted by Crippen LogP contribution is -2.43. The third kappa shape index (κ3) is 1.34. The first-order valence-corrected chi connectivity index (χ1v) is 3.81. The number of aliphatic hydroxyl groups is 4. The Morgan fingerprint density at radius 1 is 1.33 bits per heavy atom. The highest BCUT2D eigenvalue weighted by Gasteiger charge is 2.50. The first-order chi connectivity index (χ1) is 5.55. The molecule has 0 aromatic rings. The minimum Gasteiger partial charge on any atom is -0.394 e. The van der Waals surface area contributed by atoms with Crippen LogP contribution >= 0.6 is 0 Å². The second-order valence-corrected chi connectivity index (χ2v) is 3.25. The lowest BCUT2D eigenvalue weighted by Gasteiger charge is -2.24. The van der Waals surface area contributed by atoms with Gasteiger partial charge in [-0.1, -0.05) is 0 Å². The van der Waals surface area contributed by atoms with Crippen LogP contribution < -0.4 is 0 Å². The fourth-order valence-corrected chi connectivity index (χ4v) is 1.33. The zero-order valence-electron chi connectivity index (χ0n) is 6.84. The maximum atomic E-state index is 9.37. The average Bonchev–Trinajstić information content (AvgIpc) is 2.31. The molecule has 0 amide bonds. The first kappa shape index (κ1) is 9.88. The van der Waals surface area contributed by atoms with Crippen molar-refractivity contribution in [3.05, 3.63) is 0 Å². The normalized spacial score (nSPS) is 48.2. The second-order valence-electron chi connectivity index (χ2n) is 3.25. The van der Waals surface area contributed by atoms with Crippen molar-refractivity contribution in [2.75, 3.05) is 13.2 Å². The molecule has 2 unspecified atom stereocenters. The predicted molar refractivity (Wildman–Crippen MR) is 39.5 cm³/mol. The van der Waals surface area contributed by atoms with Crippen LogP contribution in [-0.2, 0) is 4.74 Å². The van der Waals surface area contributed by atoms with Gasteiger partial charge in [0, 0.05) is 0 Å². The summed E-state index contributed by atoms with van der Waals surface area (Å²) in [7, 11) is 0. The molecule has 0 aliphatic carbocycles. The molecule has 0 spiro atoms. The van der Waals surface area contributed by atoms with Crippen LogP contribution in [0.25, 0.3) is 0 Å². The third-order valence-corrected chi connectivity index (χ3v) is 2.24. The van der Waals surface area contributed by atoms with Crippen LogP contribution in [0.4, 0.5) is 0 Å². The van der Waals surface area contributed by atoms with Crippen LogP contribution in [0.3, 0.4) is 0 Å². The molecule has 0 radical (unpaired) electrons. The van der Waals surface area contributed by atoms with Gasteiger partial charge in [0.2, 0.25) is 0 Å². The van der Waals surface area contributed by atoms with Crippen LogP contribution in [0.15, 0.2) is 0 Å². The average molecular weight is 178 g/mol. The molecular weight excluding hydrogens is 164 g/mol. The van der Waals surface area contributed by atoms with Crippen LogP contribution in [0.2, 0.25) is 0 Å². The molecule has 5 heteroatoms. The van der Waals surface area contributed by atoms with Gasteiger partial charge in [-0.3, -0.25) is 0 Å². The Balaban J connectivity index is 2.72. The minimum absolute atomic E-state index is 0.367. The SMILES string of the molecule is CC1(CO)O[C@H](CO)[C@H](O)C1O. The molecule has 1 heterocycles. The van der Waals surface area contributed by atoms with Crippen LogP contribution in [0, 0.1) is 0 Å². The van der Waals surface area contributed by atoms with E-state index in [2.05, 4.69) is 0 Å². The predicted octanol–water partition coefficient (Wildman–Crippen LogP) is -2.15. The van der Waals surface area contributed by atoms with Gasteiger partial charge in [0.25, 0.3) is 0 Å². The van der Waals surface area contributed by atoms with Crippen molar-refractivity contribution in [3.8, 4) is 0 Å². The number of ether oxygens (including phenoxy) is 1. The molecule has 0 aromatic heterocycles. The van der Waals surface area contributed by atoms with Crippen molar-refractivity contribution in [2.24, 2.45) is 0 Å². The molecule has 0 aromatic carbocycles. The zero-order valence-corrected chi connectivity index (χ0v) is 6.84. The van der Waals surface area contributed by atoms with Gasteiger partial charge >= 0.3 is 0 Å². The Morgan fingerprint density at radius 2 is 1.92 bits per heavy atom. The molecule has 5 nitrogen and oxygen atoms in total. The summed E-state index contributed by atoms with van der Waals surface area (Å²) < 4.78 is 5.07. The van der Waals surface area contributed by atoms with Crippen LogP contribution in [-0.4, -0.2) is 57.6 Å². The third-order valence-electron chi connectivity index (χ3n) is 2.24. The Hall–Kier alpha value is -0.200. The molecule has 12 heavy (non-hydrogen) atoms. The van der Waals surface area contributed by atoms with Gasteiger partial charge in [0.1, 0.15) is 23.9 Å². The Labute approximate surface area is 70.2 Å². The van der Waals surface area contributed by atoms with E-state index in [0.717, 1.165) is 0 Å². The summed E-state index contributed by atoms with van der Waals surface area (Å²) >= 11 is 0. The van der Waals surface area contributed by atoms with Gasteiger partial charge in [-0.15, -0.1) is 0 Å². The maximum absolute atomic E-state index is 9.37. The van der Waals surface area contributed by atoms with Gasteiger partial charge in [0.05, 0.1) is 13.2 Å². The summed E-state index contributed by atoms with van der Waals surface area (Å²) in [6.45, 7) is 0.728. The first-order valence-electron chi connectivity index (χ1n) is 3.81. The molecule has 1 saturated heterocycles. The summed E-state index contributed by atoms with van der Waals surface area (Å²) in [6.07, 6.45) is -3.09. The van der Waals surface area contributed by atoms with Crippen molar-refractivity contribution >= 4 is 0 Å². The van der Waals surface area contributed by atoms with E-state index in [9.17, 15) is 10.2 Å². The van der Waals surface area contributed by atoms with Gasteiger partial charge in [0.15, 0.2) is 0 Å². The zero-order chi connectivity index (χ0) is 9.35. The van der Waals surface area contributed by atoms with Crippen molar-refractivity contribution in [2.45, 2.75) is 30.8 Å². The largest absolute Gasteiger partial charge is 0.394 e. The van der Waals surface area contributed by atoms with E-state index in [4.69, 9.17) is 14.9 Å². The Kier molecular flexibility index (Phi) is 2.70. The quantitative estimate of drug-likeness (QED) is 0.387. The van der Waals surface area contributed by atoms with E-state index in [-0.39, 0.29) is 13.2 Å². The summed E-state index contributed by atoms with van der Waals surface area (Å²) in [5.41, 5.74) is -1.16. The maximum Gasteiger partial charge on any atom is 0.117 e. The van der Waals surface area contributed by atoms with E-state index in [1.807, 2.05) is 0 Å². The molecule has 4 atom stereocenters. The number of aliphatic hydroxyl groups excluding tert-OH is 4. The standard InChI is InChI=1S/C7H14O5/c1-7(3-9)6(11)5(10)4(2-8)12-7/h4-6,8-11H,2-3H2,1H3/t4-,5+,6?,7?/m1/s1. The highest BCUT2D eigenvalue weighted by atomic mass is 16.6. The highest BCUT2D eigenvalue weighted by Crippen LogP contribution is 2.30. The lowest BCUT2D eigenvalue weighted by atomic mass is 9.98. The van der Waals surface area contributed by atoms with E-state index >= 15 is 0 Å². The fraction of sp³-hybridized carbons (Fsp3) is 1.00. The number of hydrogen-bond donors (Lipinski definition) is 4. The summed E-state index contributed by atoms with van der Waals surface area (Å²) in [4.78, 5) is 0. The van der Waals surface area contributed by atoms with Gasteiger partial charge in [-0.05, 0) is 6.92 Å². The van der Waals surface area contributed by atoms with Gasteiger partial charge < -0.3 is 25.2 Å². The summed E-state index contributed by atoms with van der Waals surface area (Å²) in [5.74, 6) is 0. The molecule has 1 rings (SSSR count). The molecule has 1 aliphatic heterocycles. The van der Waals surface area contributed by atoms with Crippen molar-refractivity contribution in [1.29, 1.82) is 0 Å². The Morgan fingerprint density at radius 3 is 2.17 bits per heavy atom. The van der Waals surface area contributed by atoms with Crippen LogP contribution in [0.1, 0.15) is 6.92 Å². The van der Waals surface area contributed by atoms with E-state index in [0.29, 0.717) is 0 Å². The number of hydrogen-bond acceptors (Lipinski definition) is 5. The smallest absolute Gasteiger partial charge is 0.117 e. The monoisotopic (exact) mass is 178 g/mol. The fourth-order valence-electron chi connectivity index (χ4n) is 1.33.